The summed E-state index contributed by atoms with van der Waals surface area (Å²) in [5.74, 6) is 2.62. The Balaban J connectivity index is 2.39. The molecule has 7 heteroatoms. The number of amides is 1. The lowest BCUT2D eigenvalue weighted by molar-refractivity contribution is -0.118. The number of aromatic nitrogens is 2. The number of hydrogen-bond donors (Lipinski definition) is 1. The van der Waals surface area contributed by atoms with Crippen molar-refractivity contribution < 1.29 is 4.79 Å². The van der Waals surface area contributed by atoms with Crippen molar-refractivity contribution >= 4 is 44.5 Å². The summed E-state index contributed by atoms with van der Waals surface area (Å²) in [4.78, 5) is 29.1. The van der Waals surface area contributed by atoms with Crippen molar-refractivity contribution in [3.8, 4) is 12.3 Å². The Bertz CT molecular complexity index is 855. The maximum atomic E-state index is 12.8. The van der Waals surface area contributed by atoms with Gasteiger partial charge in [-0.15, -0.1) is 6.42 Å². The molecular weight excluding hydrogens is 390 g/mol. The second kappa shape index (κ2) is 8.36. The molecule has 1 heterocycles. The van der Waals surface area contributed by atoms with E-state index in [9.17, 15) is 9.59 Å². The first-order chi connectivity index (χ1) is 11.4. The number of thioether (sulfide) groups is 1. The molecule has 0 unspecified atom stereocenters. The molecule has 126 valence electrons. The summed E-state index contributed by atoms with van der Waals surface area (Å²) in [5.41, 5.74) is 0.524. The molecular formula is C17H18BrN3O2S. The number of carbonyl (C=O) groups excluding carboxylic acids is 1. The van der Waals surface area contributed by atoms with Gasteiger partial charge in [0, 0.05) is 11.0 Å². The van der Waals surface area contributed by atoms with E-state index >= 15 is 0 Å². The van der Waals surface area contributed by atoms with Crippen molar-refractivity contribution in [1.29, 1.82) is 0 Å². The highest BCUT2D eigenvalue weighted by Gasteiger charge is 2.14. The summed E-state index contributed by atoms with van der Waals surface area (Å²) in [7, 11) is 0. The number of benzene rings is 1. The van der Waals surface area contributed by atoms with Crippen molar-refractivity contribution in [2.24, 2.45) is 5.92 Å². The maximum absolute atomic E-state index is 12.8. The summed E-state index contributed by atoms with van der Waals surface area (Å²) in [6, 6.07) is 5.41. The Morgan fingerprint density at radius 1 is 1.50 bits per heavy atom. The van der Waals surface area contributed by atoms with Gasteiger partial charge in [-0.1, -0.05) is 47.5 Å². The molecule has 1 aromatic carbocycles. The van der Waals surface area contributed by atoms with E-state index in [0.717, 1.165) is 4.47 Å². The van der Waals surface area contributed by atoms with Crippen molar-refractivity contribution in [1.82, 2.24) is 14.9 Å². The average molecular weight is 408 g/mol. The van der Waals surface area contributed by atoms with E-state index in [4.69, 9.17) is 6.42 Å². The number of nitrogens with zero attached hydrogens (tertiary/aromatic N) is 2. The minimum absolute atomic E-state index is 0.0958. The van der Waals surface area contributed by atoms with Crippen molar-refractivity contribution in [3.63, 3.8) is 0 Å². The summed E-state index contributed by atoms with van der Waals surface area (Å²) in [6.07, 6.45) is 5.12. The zero-order chi connectivity index (χ0) is 17.7. The first-order valence-corrected chi connectivity index (χ1v) is 9.23. The van der Waals surface area contributed by atoms with Crippen LogP contribution in [0.5, 0.6) is 0 Å². The van der Waals surface area contributed by atoms with Gasteiger partial charge in [-0.25, -0.2) is 4.98 Å². The molecule has 0 bridgehead atoms. The van der Waals surface area contributed by atoms with Crippen LogP contribution in [-0.4, -0.2) is 27.8 Å². The molecule has 0 fully saturated rings. The lowest BCUT2D eigenvalue weighted by Crippen LogP contribution is -2.28. The summed E-state index contributed by atoms with van der Waals surface area (Å²) < 4.78 is 2.47. The van der Waals surface area contributed by atoms with E-state index in [-0.39, 0.29) is 29.7 Å². The number of hydrogen-bond acceptors (Lipinski definition) is 4. The fourth-order valence-electron chi connectivity index (χ4n) is 2.14. The molecule has 0 saturated carbocycles. The Labute approximate surface area is 153 Å². The van der Waals surface area contributed by atoms with E-state index in [1.54, 1.807) is 16.7 Å². The molecule has 0 saturated heterocycles. The van der Waals surface area contributed by atoms with E-state index in [2.05, 4.69) is 32.2 Å². The number of terminal acetylenes is 1. The van der Waals surface area contributed by atoms with Gasteiger partial charge in [-0.3, -0.25) is 14.2 Å². The monoisotopic (exact) mass is 407 g/mol. The topological polar surface area (TPSA) is 64.0 Å². The van der Waals surface area contributed by atoms with E-state index < -0.39 is 0 Å². The number of rotatable bonds is 6. The highest BCUT2D eigenvalue weighted by atomic mass is 79.9. The van der Waals surface area contributed by atoms with Gasteiger partial charge in [-0.2, -0.15) is 0 Å². The Kier molecular flexibility index (Phi) is 6.46. The zero-order valence-electron chi connectivity index (χ0n) is 13.5. The van der Waals surface area contributed by atoms with Crippen LogP contribution in [0, 0.1) is 18.3 Å². The van der Waals surface area contributed by atoms with Crippen LogP contribution in [0.1, 0.15) is 13.8 Å². The Hall–Kier alpha value is -1.78. The third kappa shape index (κ3) is 4.62. The maximum Gasteiger partial charge on any atom is 0.262 e. The normalized spacial score (nSPS) is 10.8. The number of fused-ring (bicyclic) bond motifs is 1. The third-order valence-electron chi connectivity index (χ3n) is 3.15. The van der Waals surface area contributed by atoms with Crippen LogP contribution in [0.3, 0.4) is 0 Å². The zero-order valence-corrected chi connectivity index (χ0v) is 15.9. The van der Waals surface area contributed by atoms with Crippen LogP contribution in [0.15, 0.2) is 32.6 Å². The van der Waals surface area contributed by atoms with Gasteiger partial charge in [0.1, 0.15) is 0 Å². The molecule has 0 aliphatic carbocycles. The molecule has 24 heavy (non-hydrogen) atoms. The SMILES string of the molecule is C#CCNC(=O)CSc1nc2ccc(Br)cc2c(=O)n1CC(C)C. The molecule has 1 aromatic heterocycles. The molecule has 0 radical (unpaired) electrons. The molecule has 0 atom stereocenters. The largest absolute Gasteiger partial charge is 0.344 e. The lowest BCUT2D eigenvalue weighted by Gasteiger charge is -2.15. The van der Waals surface area contributed by atoms with E-state index in [1.807, 2.05) is 19.9 Å². The molecule has 0 aliphatic heterocycles. The van der Waals surface area contributed by atoms with Crippen molar-refractivity contribution in [2.75, 3.05) is 12.3 Å². The highest BCUT2D eigenvalue weighted by Crippen LogP contribution is 2.21. The average Bonchev–Trinajstić information content (AvgIpc) is 2.54. The molecule has 0 aliphatic rings. The van der Waals surface area contributed by atoms with Crippen molar-refractivity contribution in [2.45, 2.75) is 25.5 Å². The van der Waals surface area contributed by atoms with Gasteiger partial charge in [0.2, 0.25) is 5.91 Å². The Morgan fingerprint density at radius 3 is 2.92 bits per heavy atom. The Morgan fingerprint density at radius 2 is 2.25 bits per heavy atom. The number of halogens is 1. The minimum Gasteiger partial charge on any atom is -0.344 e. The molecule has 0 spiro atoms. The predicted molar refractivity (Wildman–Crippen MR) is 101 cm³/mol. The first-order valence-electron chi connectivity index (χ1n) is 7.45. The molecule has 5 nitrogen and oxygen atoms in total. The van der Waals surface area contributed by atoms with Crippen LogP contribution >= 0.6 is 27.7 Å². The fraction of sp³-hybridized carbons (Fsp3) is 0.353. The first kappa shape index (κ1) is 18.6. The predicted octanol–water partition coefficient (Wildman–Crippen LogP) is 2.66. The standard InChI is InChI=1S/C17H18BrN3O2S/c1-4-7-19-15(22)10-24-17-20-14-6-5-12(18)8-13(14)16(23)21(17)9-11(2)3/h1,5-6,8,11H,7,9-10H2,2-3H3,(H,19,22). The molecule has 2 aromatic rings. The molecule has 1 amide bonds. The van der Waals surface area contributed by atoms with Crippen LogP contribution < -0.4 is 10.9 Å². The molecule has 1 N–H and O–H groups in total. The smallest absolute Gasteiger partial charge is 0.262 e. The fourth-order valence-corrected chi connectivity index (χ4v) is 3.34. The van der Waals surface area contributed by atoms with Crippen molar-refractivity contribution in [3.05, 3.63) is 33.0 Å². The number of nitrogens with one attached hydrogen (secondary N) is 1. The molecule has 2 rings (SSSR count). The third-order valence-corrected chi connectivity index (χ3v) is 4.62. The van der Waals surface area contributed by atoms with Gasteiger partial charge in [-0.05, 0) is 24.1 Å². The van der Waals surface area contributed by atoms with Gasteiger partial charge in [0.05, 0.1) is 23.2 Å². The van der Waals surface area contributed by atoms with Crippen LogP contribution in [-0.2, 0) is 11.3 Å². The second-order valence-corrected chi connectivity index (χ2v) is 7.49. The quantitative estimate of drug-likeness (QED) is 0.454. The van der Waals surface area contributed by atoms with Crippen LogP contribution in [0.25, 0.3) is 10.9 Å². The van der Waals surface area contributed by atoms with Gasteiger partial charge in [0.15, 0.2) is 5.16 Å². The number of carbonyl (C=O) groups is 1. The highest BCUT2D eigenvalue weighted by molar-refractivity contribution is 9.10. The second-order valence-electron chi connectivity index (χ2n) is 5.63. The van der Waals surface area contributed by atoms with Gasteiger partial charge >= 0.3 is 0 Å². The van der Waals surface area contributed by atoms with Crippen LogP contribution in [0.2, 0.25) is 0 Å². The minimum atomic E-state index is -0.181. The summed E-state index contributed by atoms with van der Waals surface area (Å²) in [6.45, 7) is 4.80. The lowest BCUT2D eigenvalue weighted by atomic mass is 10.2. The van der Waals surface area contributed by atoms with Crippen LogP contribution in [0.4, 0.5) is 0 Å². The summed E-state index contributed by atoms with van der Waals surface area (Å²) >= 11 is 4.62. The van der Waals surface area contributed by atoms with Gasteiger partial charge < -0.3 is 5.32 Å². The van der Waals surface area contributed by atoms with Gasteiger partial charge in [0.25, 0.3) is 5.56 Å². The summed E-state index contributed by atoms with van der Waals surface area (Å²) in [5, 5.41) is 3.71. The van der Waals surface area contributed by atoms with E-state index in [1.165, 1.54) is 11.8 Å². The van der Waals surface area contributed by atoms with E-state index in [0.29, 0.717) is 22.6 Å².